The van der Waals surface area contributed by atoms with Gasteiger partial charge in [-0.2, -0.15) is 21.0 Å². The molecule has 0 spiro atoms. The number of thiazole rings is 2. The van der Waals surface area contributed by atoms with Crippen LogP contribution in [-0.2, 0) is 0 Å². The molecule has 0 aliphatic heterocycles. The summed E-state index contributed by atoms with van der Waals surface area (Å²) in [6.45, 7) is 0. The van der Waals surface area contributed by atoms with Crippen LogP contribution in [0.3, 0.4) is 0 Å². The highest BCUT2D eigenvalue weighted by atomic mass is 32.1. The largest absolute Gasteiger partial charge is 0.231 e. The van der Waals surface area contributed by atoms with Crippen LogP contribution in [0, 0.1) is 80.2 Å². The number of benzene rings is 3. The standard InChI is InChI=1S/C22F6N6S2/c23-11-7-8(15(27)20-17(14(7)26)33-22(36-20)6(3-31)4-32)12(24)10-9(11)13(25)16(28)18-19(10)35-21(34-18)5(1-29)2-30. The van der Waals surface area contributed by atoms with Crippen LogP contribution < -0.4 is 9.33 Å². The molecule has 36 heavy (non-hydrogen) atoms. The molecule has 5 aromatic rings. The minimum Gasteiger partial charge on any atom is -0.231 e. The molecular formula is C22F6N6S2. The fraction of sp³-hybridized carbons (Fsp3) is 0. The van der Waals surface area contributed by atoms with Crippen LogP contribution >= 0.6 is 22.7 Å². The molecule has 3 aromatic carbocycles. The zero-order valence-corrected chi connectivity index (χ0v) is 18.4. The molecular weight excluding hydrogens is 526 g/mol. The van der Waals surface area contributed by atoms with E-state index in [1.165, 1.54) is 24.3 Å². The topological polar surface area (TPSA) is 121 Å². The Morgan fingerprint density at radius 1 is 0.500 bits per heavy atom. The smallest absolute Gasteiger partial charge is 0.186 e. The molecule has 172 valence electrons. The van der Waals surface area contributed by atoms with E-state index >= 15 is 17.6 Å². The molecule has 0 N–H and O–H groups in total. The highest BCUT2D eigenvalue weighted by Gasteiger charge is 2.31. The molecule has 5 rings (SSSR count). The molecule has 0 saturated heterocycles. The van der Waals surface area contributed by atoms with Crippen molar-refractivity contribution in [3.05, 3.63) is 44.2 Å². The second-order valence-electron chi connectivity index (χ2n) is 6.97. The summed E-state index contributed by atoms with van der Waals surface area (Å²) in [6.07, 6.45) is 0. The highest BCUT2D eigenvalue weighted by Crippen LogP contribution is 2.42. The maximum Gasteiger partial charge on any atom is 0.186 e. The van der Waals surface area contributed by atoms with Crippen molar-refractivity contribution in [2.45, 2.75) is 0 Å². The average molecular weight is 526 g/mol. The SMILES string of the molecule is N#CC(C#N)=c1nc2c(F)c3c(F)c4c(F)c(F)c5nc(=C(C#N)C#N)sc5c4c(F)c3c(F)c2s1. The van der Waals surface area contributed by atoms with Crippen molar-refractivity contribution in [1.82, 2.24) is 9.97 Å². The Hall–Kier alpha value is -4.76. The van der Waals surface area contributed by atoms with Crippen molar-refractivity contribution >= 4 is 75.8 Å². The lowest BCUT2D eigenvalue weighted by atomic mass is 9.99. The first-order valence-electron chi connectivity index (χ1n) is 9.24. The summed E-state index contributed by atoms with van der Waals surface area (Å²) < 4.78 is 89.8. The average Bonchev–Trinajstić information content (AvgIpc) is 3.50. The van der Waals surface area contributed by atoms with Crippen molar-refractivity contribution < 1.29 is 26.3 Å². The summed E-state index contributed by atoms with van der Waals surface area (Å²) in [7, 11) is 0. The maximum absolute atomic E-state index is 15.8. The van der Waals surface area contributed by atoms with E-state index in [0.717, 1.165) is 0 Å². The lowest BCUT2D eigenvalue weighted by Crippen LogP contribution is -2.03. The van der Waals surface area contributed by atoms with E-state index in [2.05, 4.69) is 9.97 Å². The maximum atomic E-state index is 15.8. The number of fused-ring (bicyclic) bond motifs is 5. The van der Waals surface area contributed by atoms with E-state index in [9.17, 15) is 8.78 Å². The normalized spacial score (nSPS) is 10.9. The lowest BCUT2D eigenvalue weighted by molar-refractivity contribution is 0.517. The third kappa shape index (κ3) is 2.80. The molecule has 2 aromatic heterocycles. The predicted molar refractivity (Wildman–Crippen MR) is 116 cm³/mol. The highest BCUT2D eigenvalue weighted by molar-refractivity contribution is 7.18. The monoisotopic (exact) mass is 526 g/mol. The minimum atomic E-state index is -1.95. The summed E-state index contributed by atoms with van der Waals surface area (Å²) in [5.41, 5.74) is -2.92. The van der Waals surface area contributed by atoms with Crippen molar-refractivity contribution in [1.29, 1.82) is 21.0 Å². The molecule has 0 atom stereocenters. The fourth-order valence-corrected chi connectivity index (χ4v) is 5.67. The van der Waals surface area contributed by atoms with Crippen LogP contribution in [0.1, 0.15) is 0 Å². The van der Waals surface area contributed by atoms with Crippen LogP contribution in [0.5, 0.6) is 0 Å². The summed E-state index contributed by atoms with van der Waals surface area (Å²) in [6, 6.07) is 5.92. The molecule has 0 radical (unpaired) electrons. The summed E-state index contributed by atoms with van der Waals surface area (Å²) in [5, 5.41) is 31.2. The number of hydrogen-bond donors (Lipinski definition) is 0. The Balaban J connectivity index is 2.14. The van der Waals surface area contributed by atoms with E-state index in [1.54, 1.807) is 0 Å². The Morgan fingerprint density at radius 3 is 1.44 bits per heavy atom. The Kier molecular flexibility index (Phi) is 5.04. The second kappa shape index (κ2) is 7.89. The van der Waals surface area contributed by atoms with Gasteiger partial charge in [0.2, 0.25) is 0 Å². The minimum absolute atomic E-state index is 0.337. The lowest BCUT2D eigenvalue weighted by Gasteiger charge is -2.11. The quantitative estimate of drug-likeness (QED) is 0.217. The zero-order valence-electron chi connectivity index (χ0n) is 16.8. The molecule has 0 aliphatic rings. The van der Waals surface area contributed by atoms with Gasteiger partial charge in [-0.3, -0.25) is 0 Å². The van der Waals surface area contributed by atoms with Gasteiger partial charge in [0.25, 0.3) is 0 Å². The van der Waals surface area contributed by atoms with Gasteiger partial charge < -0.3 is 0 Å². The van der Waals surface area contributed by atoms with Crippen LogP contribution in [0.15, 0.2) is 0 Å². The third-order valence-electron chi connectivity index (χ3n) is 5.20. The third-order valence-corrected chi connectivity index (χ3v) is 7.36. The number of rotatable bonds is 0. The molecule has 0 amide bonds. The van der Waals surface area contributed by atoms with E-state index < -0.39 is 97.4 Å². The number of hydrogen-bond acceptors (Lipinski definition) is 8. The first-order chi connectivity index (χ1) is 17.2. The van der Waals surface area contributed by atoms with E-state index in [4.69, 9.17) is 21.0 Å². The molecule has 0 aliphatic carbocycles. The number of nitriles is 4. The molecule has 0 fully saturated rings. The predicted octanol–water partition coefficient (Wildman–Crippen LogP) is 4.44. The molecule has 0 bridgehead atoms. The summed E-state index contributed by atoms with van der Waals surface area (Å²) in [4.78, 5) is 7.28. The van der Waals surface area contributed by atoms with E-state index in [1.807, 2.05) is 0 Å². The molecule has 14 heteroatoms. The van der Waals surface area contributed by atoms with Gasteiger partial charge in [-0.25, -0.2) is 36.3 Å². The van der Waals surface area contributed by atoms with Gasteiger partial charge in [-0.15, -0.1) is 22.7 Å². The molecule has 0 unspecified atom stereocenters. The fourth-order valence-electron chi connectivity index (χ4n) is 3.68. The van der Waals surface area contributed by atoms with Gasteiger partial charge in [0.05, 0.1) is 25.6 Å². The summed E-state index contributed by atoms with van der Waals surface area (Å²) >= 11 is 0.695. The summed E-state index contributed by atoms with van der Waals surface area (Å²) in [5.74, 6) is -10.3. The van der Waals surface area contributed by atoms with Crippen LogP contribution in [-0.4, -0.2) is 9.97 Å². The van der Waals surface area contributed by atoms with Gasteiger partial charge in [0.1, 0.15) is 56.3 Å². The van der Waals surface area contributed by atoms with Crippen LogP contribution in [0.4, 0.5) is 26.3 Å². The molecule has 6 nitrogen and oxygen atoms in total. The number of halogens is 6. The van der Waals surface area contributed by atoms with Crippen molar-refractivity contribution in [2.75, 3.05) is 0 Å². The van der Waals surface area contributed by atoms with Gasteiger partial charge in [0.15, 0.2) is 34.4 Å². The zero-order chi connectivity index (χ0) is 26.0. The molecule has 2 heterocycles. The Morgan fingerprint density at radius 2 is 0.917 bits per heavy atom. The van der Waals surface area contributed by atoms with E-state index in [-0.39, 0.29) is 0 Å². The van der Waals surface area contributed by atoms with Crippen LogP contribution in [0.25, 0.3) is 53.1 Å². The second-order valence-corrected chi connectivity index (χ2v) is 8.97. The van der Waals surface area contributed by atoms with Crippen LogP contribution in [0.2, 0.25) is 0 Å². The Labute approximate surface area is 201 Å². The molecule has 0 saturated carbocycles. The van der Waals surface area contributed by atoms with Crippen molar-refractivity contribution in [3.8, 4) is 24.3 Å². The van der Waals surface area contributed by atoms with Gasteiger partial charge in [-0.05, 0) is 0 Å². The number of nitrogens with zero attached hydrogens (tertiary/aromatic N) is 6. The van der Waals surface area contributed by atoms with Crippen molar-refractivity contribution in [2.24, 2.45) is 0 Å². The van der Waals surface area contributed by atoms with E-state index in [0.29, 0.717) is 22.7 Å². The first kappa shape index (κ1) is 23.0. The van der Waals surface area contributed by atoms with Gasteiger partial charge in [-0.1, -0.05) is 0 Å². The van der Waals surface area contributed by atoms with Gasteiger partial charge >= 0.3 is 0 Å². The van der Waals surface area contributed by atoms with Crippen molar-refractivity contribution in [3.63, 3.8) is 0 Å². The first-order valence-corrected chi connectivity index (χ1v) is 10.9. The Bertz CT molecular complexity index is 2130. The van der Waals surface area contributed by atoms with Gasteiger partial charge in [0, 0.05) is 5.39 Å². The number of aromatic nitrogens is 2.